The van der Waals surface area contributed by atoms with Crippen molar-refractivity contribution in [1.29, 1.82) is 0 Å². The number of rotatable bonds is 0. The van der Waals surface area contributed by atoms with Crippen molar-refractivity contribution in [2.24, 2.45) is 17.8 Å². The number of allylic oxidation sites excluding steroid dienone is 2. The van der Waals surface area contributed by atoms with E-state index in [4.69, 9.17) is 4.74 Å². The van der Waals surface area contributed by atoms with E-state index in [9.17, 15) is 9.59 Å². The molecule has 0 aromatic heterocycles. The van der Waals surface area contributed by atoms with Gasteiger partial charge in [0.25, 0.3) is 0 Å². The summed E-state index contributed by atoms with van der Waals surface area (Å²) in [6.45, 7) is 7.93. The van der Waals surface area contributed by atoms with E-state index in [1.807, 2.05) is 13.8 Å². The molecule has 1 heterocycles. The first-order chi connectivity index (χ1) is 8.50. The molecule has 0 N–H and O–H groups in total. The summed E-state index contributed by atoms with van der Waals surface area (Å²) in [5.41, 5.74) is 2.98. The van der Waals surface area contributed by atoms with Crippen LogP contribution in [0.15, 0.2) is 23.3 Å². The molecule has 0 bridgehead atoms. The Morgan fingerprint density at radius 3 is 2.78 bits per heavy atom. The maximum absolute atomic E-state index is 11.9. The summed E-state index contributed by atoms with van der Waals surface area (Å²) in [7, 11) is 0. The third-order valence-electron chi connectivity index (χ3n) is 4.86. The van der Waals surface area contributed by atoms with E-state index in [1.165, 1.54) is 0 Å². The van der Waals surface area contributed by atoms with Crippen molar-refractivity contribution in [3.8, 4) is 0 Å². The average molecular weight is 246 g/mol. The molecule has 1 saturated carbocycles. The predicted molar refractivity (Wildman–Crippen MR) is 66.7 cm³/mol. The van der Waals surface area contributed by atoms with Crippen molar-refractivity contribution < 1.29 is 14.3 Å². The first kappa shape index (κ1) is 11.7. The smallest absolute Gasteiger partial charge is 0.309 e. The lowest BCUT2D eigenvalue weighted by Gasteiger charge is -2.20. The molecule has 3 aliphatic rings. The summed E-state index contributed by atoms with van der Waals surface area (Å²) in [6.07, 6.45) is 2.19. The topological polar surface area (TPSA) is 43.4 Å². The Balaban J connectivity index is 2.08. The zero-order valence-electron chi connectivity index (χ0n) is 10.9. The van der Waals surface area contributed by atoms with Gasteiger partial charge in [-0.15, -0.1) is 0 Å². The second-order valence-corrected chi connectivity index (χ2v) is 5.77. The van der Waals surface area contributed by atoms with Gasteiger partial charge >= 0.3 is 5.97 Å². The van der Waals surface area contributed by atoms with Crippen LogP contribution in [-0.2, 0) is 14.3 Å². The molecule has 18 heavy (non-hydrogen) atoms. The van der Waals surface area contributed by atoms with Gasteiger partial charge in [-0.1, -0.05) is 19.1 Å². The third-order valence-corrected chi connectivity index (χ3v) is 4.86. The Kier molecular flexibility index (Phi) is 2.47. The summed E-state index contributed by atoms with van der Waals surface area (Å²) < 4.78 is 5.55. The summed E-state index contributed by atoms with van der Waals surface area (Å²) in [5.74, 6) is 0.349. The quantitative estimate of drug-likeness (QED) is 0.487. The maximum Gasteiger partial charge on any atom is 0.309 e. The number of ether oxygens (including phenoxy) is 1. The molecular weight excluding hydrogens is 228 g/mol. The number of hydrogen-bond acceptors (Lipinski definition) is 3. The molecule has 0 unspecified atom stereocenters. The van der Waals surface area contributed by atoms with Crippen LogP contribution in [-0.4, -0.2) is 17.9 Å². The molecular formula is C15H18O3. The van der Waals surface area contributed by atoms with Gasteiger partial charge < -0.3 is 4.74 Å². The van der Waals surface area contributed by atoms with Gasteiger partial charge in [0.1, 0.15) is 6.10 Å². The molecule has 96 valence electrons. The van der Waals surface area contributed by atoms with E-state index in [0.29, 0.717) is 6.42 Å². The van der Waals surface area contributed by atoms with Crippen LogP contribution in [0.25, 0.3) is 0 Å². The van der Waals surface area contributed by atoms with Gasteiger partial charge in [0.05, 0.1) is 5.92 Å². The van der Waals surface area contributed by atoms with Crippen LogP contribution in [0.1, 0.15) is 33.1 Å². The third kappa shape index (κ3) is 1.43. The van der Waals surface area contributed by atoms with Gasteiger partial charge in [-0.05, 0) is 30.9 Å². The Bertz CT molecular complexity index is 486. The van der Waals surface area contributed by atoms with E-state index in [2.05, 4.69) is 6.58 Å². The molecule has 1 saturated heterocycles. The van der Waals surface area contributed by atoms with Gasteiger partial charge in [-0.3, -0.25) is 9.59 Å². The summed E-state index contributed by atoms with van der Waals surface area (Å²) in [4.78, 5) is 23.7. The van der Waals surface area contributed by atoms with E-state index >= 15 is 0 Å². The number of carbonyl (C=O) groups is 2. The second-order valence-electron chi connectivity index (χ2n) is 5.77. The van der Waals surface area contributed by atoms with Crippen molar-refractivity contribution in [2.45, 2.75) is 39.2 Å². The summed E-state index contributed by atoms with van der Waals surface area (Å²) >= 11 is 0. The molecule has 3 rings (SSSR count). The van der Waals surface area contributed by atoms with E-state index in [1.54, 1.807) is 0 Å². The van der Waals surface area contributed by atoms with Crippen LogP contribution in [0, 0.1) is 17.8 Å². The van der Waals surface area contributed by atoms with Gasteiger partial charge in [0.2, 0.25) is 0 Å². The molecule has 2 fully saturated rings. The average Bonchev–Trinajstić information content (AvgIpc) is 2.72. The van der Waals surface area contributed by atoms with E-state index in [0.717, 1.165) is 29.6 Å². The normalized spacial score (nSPS) is 39.6. The fourth-order valence-corrected chi connectivity index (χ4v) is 3.63. The summed E-state index contributed by atoms with van der Waals surface area (Å²) in [5, 5.41) is 0. The van der Waals surface area contributed by atoms with Crippen molar-refractivity contribution in [3.63, 3.8) is 0 Å². The predicted octanol–water partition coefficient (Wildman–Crippen LogP) is 2.42. The highest BCUT2D eigenvalue weighted by Gasteiger charge is 2.49. The van der Waals surface area contributed by atoms with Crippen molar-refractivity contribution in [3.05, 3.63) is 23.3 Å². The fourth-order valence-electron chi connectivity index (χ4n) is 3.63. The monoisotopic (exact) mass is 246 g/mol. The maximum atomic E-state index is 11.9. The highest BCUT2D eigenvalue weighted by Crippen LogP contribution is 2.48. The first-order valence-electron chi connectivity index (χ1n) is 6.62. The van der Waals surface area contributed by atoms with Crippen LogP contribution in [0.5, 0.6) is 0 Å². The molecule has 0 radical (unpaired) electrons. The Labute approximate surface area is 107 Å². The van der Waals surface area contributed by atoms with E-state index in [-0.39, 0.29) is 35.6 Å². The first-order valence-corrected chi connectivity index (χ1v) is 6.62. The molecule has 2 aliphatic carbocycles. The number of Topliss-reactive ketones (excluding diaryl/α,β-unsaturated/α-hetero) is 1. The van der Waals surface area contributed by atoms with Crippen molar-refractivity contribution in [1.82, 2.24) is 0 Å². The van der Waals surface area contributed by atoms with Gasteiger partial charge in [0.15, 0.2) is 5.78 Å². The highest BCUT2D eigenvalue weighted by atomic mass is 16.6. The van der Waals surface area contributed by atoms with Crippen LogP contribution in [0.4, 0.5) is 0 Å². The van der Waals surface area contributed by atoms with Crippen molar-refractivity contribution in [2.75, 3.05) is 0 Å². The minimum atomic E-state index is -0.178. The highest BCUT2D eigenvalue weighted by molar-refractivity contribution is 5.99. The molecule has 4 atom stereocenters. The second kappa shape index (κ2) is 3.81. The van der Waals surface area contributed by atoms with Crippen LogP contribution < -0.4 is 0 Å². The number of fused-ring (bicyclic) bond motifs is 3. The molecule has 1 aliphatic heterocycles. The minimum Gasteiger partial charge on any atom is -0.457 e. The Morgan fingerprint density at radius 1 is 1.33 bits per heavy atom. The standard InChI is InChI=1S/C15H18O3/c1-7-4-5-10-8(2)15(17)18-14(10)13-9(3)12(16)6-11(7)13/h8,10-11,14H,1,4-6H2,2-3H3/t8-,10-,11-,14-/m0/s1. The van der Waals surface area contributed by atoms with E-state index < -0.39 is 0 Å². The Hall–Kier alpha value is -1.38. The Morgan fingerprint density at radius 2 is 2.06 bits per heavy atom. The lowest BCUT2D eigenvalue weighted by atomic mass is 9.85. The molecule has 3 heteroatoms. The zero-order valence-corrected chi connectivity index (χ0v) is 10.9. The number of hydrogen-bond donors (Lipinski definition) is 0. The number of esters is 1. The largest absolute Gasteiger partial charge is 0.457 e. The molecule has 0 spiro atoms. The minimum absolute atomic E-state index is 0.0578. The number of carbonyl (C=O) groups excluding carboxylic acids is 2. The molecule has 0 aromatic carbocycles. The zero-order chi connectivity index (χ0) is 13.0. The van der Waals surface area contributed by atoms with Crippen LogP contribution in [0.3, 0.4) is 0 Å². The van der Waals surface area contributed by atoms with Crippen LogP contribution >= 0.6 is 0 Å². The number of ketones is 1. The van der Waals surface area contributed by atoms with Gasteiger partial charge in [-0.2, -0.15) is 0 Å². The lowest BCUT2D eigenvalue weighted by molar-refractivity contribution is -0.143. The fraction of sp³-hybridized carbons (Fsp3) is 0.600. The van der Waals surface area contributed by atoms with Gasteiger partial charge in [0, 0.05) is 18.3 Å². The lowest BCUT2D eigenvalue weighted by Crippen LogP contribution is -2.22. The van der Waals surface area contributed by atoms with Crippen LogP contribution in [0.2, 0.25) is 0 Å². The molecule has 3 nitrogen and oxygen atoms in total. The van der Waals surface area contributed by atoms with Crippen molar-refractivity contribution >= 4 is 11.8 Å². The summed E-state index contributed by atoms with van der Waals surface area (Å²) in [6, 6.07) is 0. The molecule has 0 aromatic rings. The SMILES string of the molecule is C=C1CC[C@H]2[C@H](C)C(=O)O[C@@H]2C2=C(C)C(=O)C[C@@H]12. The molecule has 0 amide bonds. The van der Waals surface area contributed by atoms with Gasteiger partial charge in [-0.25, -0.2) is 0 Å².